The molecule has 132 valence electrons. The highest BCUT2D eigenvalue weighted by Gasteiger charge is 2.24. The molecule has 0 spiro atoms. The minimum atomic E-state index is -0.00532. The number of carbonyl (C=O) groups is 1. The third-order valence-electron chi connectivity index (χ3n) is 4.73. The van der Waals surface area contributed by atoms with Gasteiger partial charge in [-0.25, -0.2) is 4.79 Å². The number of hydrogen-bond acceptors (Lipinski definition) is 4. The van der Waals surface area contributed by atoms with Crippen LogP contribution in [0.4, 0.5) is 4.79 Å². The molecule has 2 aromatic rings. The molecule has 25 heavy (non-hydrogen) atoms. The predicted octanol–water partition coefficient (Wildman–Crippen LogP) is 2.37. The van der Waals surface area contributed by atoms with Gasteiger partial charge in [0.1, 0.15) is 0 Å². The van der Waals surface area contributed by atoms with Gasteiger partial charge in [-0.15, -0.1) is 0 Å². The zero-order valence-electron chi connectivity index (χ0n) is 14.9. The fourth-order valence-corrected chi connectivity index (χ4v) is 3.04. The highest BCUT2D eigenvalue weighted by molar-refractivity contribution is 5.74. The molecule has 6 nitrogen and oxygen atoms in total. The second-order valence-corrected chi connectivity index (χ2v) is 6.45. The van der Waals surface area contributed by atoms with E-state index < -0.39 is 0 Å². The second-order valence-electron chi connectivity index (χ2n) is 6.45. The molecule has 6 heteroatoms. The van der Waals surface area contributed by atoms with Crippen molar-refractivity contribution in [3.05, 3.63) is 59.7 Å². The van der Waals surface area contributed by atoms with Crippen molar-refractivity contribution in [3.63, 3.8) is 0 Å². The van der Waals surface area contributed by atoms with Crippen LogP contribution in [0, 0.1) is 6.92 Å². The van der Waals surface area contributed by atoms with Crippen LogP contribution in [0.3, 0.4) is 0 Å². The van der Waals surface area contributed by atoms with Crippen molar-refractivity contribution >= 4 is 6.03 Å². The summed E-state index contributed by atoms with van der Waals surface area (Å²) in [6, 6.07) is 8.34. The van der Waals surface area contributed by atoms with Crippen LogP contribution in [-0.4, -0.2) is 52.0 Å². The van der Waals surface area contributed by atoms with Gasteiger partial charge in [0.25, 0.3) is 0 Å². The van der Waals surface area contributed by atoms with Gasteiger partial charge in [-0.2, -0.15) is 0 Å². The minimum Gasteiger partial charge on any atom is -0.334 e. The van der Waals surface area contributed by atoms with Gasteiger partial charge in [0.05, 0.1) is 0 Å². The molecule has 2 aromatic heterocycles. The molecule has 1 aliphatic rings. The topological polar surface area (TPSA) is 61.4 Å². The van der Waals surface area contributed by atoms with Crippen molar-refractivity contribution in [1.82, 2.24) is 25.1 Å². The van der Waals surface area contributed by atoms with Gasteiger partial charge in [-0.3, -0.25) is 14.9 Å². The van der Waals surface area contributed by atoms with Crippen molar-refractivity contribution in [3.8, 4) is 0 Å². The van der Waals surface area contributed by atoms with Crippen molar-refractivity contribution in [2.45, 2.75) is 26.4 Å². The third-order valence-corrected chi connectivity index (χ3v) is 4.73. The number of pyridine rings is 2. The van der Waals surface area contributed by atoms with Crippen LogP contribution in [0.2, 0.25) is 0 Å². The lowest BCUT2D eigenvalue weighted by atomic mass is 10.1. The molecule has 0 bridgehead atoms. The van der Waals surface area contributed by atoms with Crippen LogP contribution in [0.5, 0.6) is 0 Å². The molecule has 1 atom stereocenters. The molecule has 1 saturated heterocycles. The number of urea groups is 1. The number of piperazine rings is 1. The molecule has 3 rings (SSSR count). The Balaban J connectivity index is 1.46. The summed E-state index contributed by atoms with van der Waals surface area (Å²) in [5, 5.41) is 2.98. The Kier molecular flexibility index (Phi) is 5.60. The molecule has 1 aliphatic heterocycles. The number of rotatable bonds is 4. The SMILES string of the molecule is Cc1ccc(CNC(=O)N2CCN([C@H](C)c3cccnc3)CC2)cn1. The van der Waals surface area contributed by atoms with E-state index in [0.29, 0.717) is 12.6 Å². The lowest BCUT2D eigenvalue weighted by molar-refractivity contribution is 0.113. The highest BCUT2D eigenvalue weighted by Crippen LogP contribution is 2.20. The summed E-state index contributed by atoms with van der Waals surface area (Å²) in [5.41, 5.74) is 3.21. The third kappa shape index (κ3) is 4.54. The fraction of sp³-hybridized carbons (Fsp3) is 0.421. The summed E-state index contributed by atoms with van der Waals surface area (Å²) in [6.07, 6.45) is 5.52. The number of nitrogens with zero attached hydrogens (tertiary/aromatic N) is 4. The summed E-state index contributed by atoms with van der Waals surface area (Å²) >= 11 is 0. The van der Waals surface area contributed by atoms with Gasteiger partial charge in [0.2, 0.25) is 0 Å². The maximum Gasteiger partial charge on any atom is 0.317 e. The zero-order valence-corrected chi connectivity index (χ0v) is 14.9. The Morgan fingerprint density at radius 3 is 2.64 bits per heavy atom. The largest absolute Gasteiger partial charge is 0.334 e. The first kappa shape index (κ1) is 17.4. The Bertz CT molecular complexity index is 681. The Hall–Kier alpha value is -2.47. The molecule has 0 aromatic carbocycles. The monoisotopic (exact) mass is 339 g/mol. The van der Waals surface area contributed by atoms with Crippen LogP contribution in [0.1, 0.15) is 29.8 Å². The van der Waals surface area contributed by atoms with Gasteiger partial charge in [-0.05, 0) is 37.1 Å². The number of carbonyl (C=O) groups excluding carboxylic acids is 1. The quantitative estimate of drug-likeness (QED) is 0.929. The predicted molar refractivity (Wildman–Crippen MR) is 97.0 cm³/mol. The van der Waals surface area contributed by atoms with E-state index in [2.05, 4.69) is 33.2 Å². The van der Waals surface area contributed by atoms with Gasteiger partial charge < -0.3 is 10.2 Å². The first-order valence-electron chi connectivity index (χ1n) is 8.72. The van der Waals surface area contributed by atoms with Crippen LogP contribution in [0.25, 0.3) is 0 Å². The van der Waals surface area contributed by atoms with Gasteiger partial charge in [0, 0.05) is 63.1 Å². The van der Waals surface area contributed by atoms with Crippen molar-refractivity contribution in [1.29, 1.82) is 0 Å². The van der Waals surface area contributed by atoms with E-state index in [0.717, 1.165) is 37.4 Å². The molecule has 0 aliphatic carbocycles. The van der Waals surface area contributed by atoms with E-state index in [1.54, 1.807) is 6.20 Å². The molecule has 2 amide bonds. The Morgan fingerprint density at radius 2 is 2.00 bits per heavy atom. The van der Waals surface area contributed by atoms with E-state index in [-0.39, 0.29) is 6.03 Å². The lowest BCUT2D eigenvalue weighted by Crippen LogP contribution is -2.52. The number of aryl methyl sites for hydroxylation is 1. The maximum absolute atomic E-state index is 12.4. The molecule has 1 fully saturated rings. The van der Waals surface area contributed by atoms with Crippen LogP contribution in [0.15, 0.2) is 42.9 Å². The van der Waals surface area contributed by atoms with Crippen LogP contribution in [-0.2, 0) is 6.54 Å². The van der Waals surface area contributed by atoms with Crippen LogP contribution < -0.4 is 5.32 Å². The molecule has 0 radical (unpaired) electrons. The number of nitrogens with one attached hydrogen (secondary N) is 1. The van der Waals surface area contributed by atoms with Crippen LogP contribution >= 0.6 is 0 Å². The van der Waals surface area contributed by atoms with Gasteiger partial charge >= 0.3 is 6.03 Å². The van der Waals surface area contributed by atoms with E-state index >= 15 is 0 Å². The molecule has 1 N–H and O–H groups in total. The van der Waals surface area contributed by atoms with Crippen molar-refractivity contribution in [2.75, 3.05) is 26.2 Å². The summed E-state index contributed by atoms with van der Waals surface area (Å²) < 4.78 is 0. The molecular formula is C19H25N5O. The minimum absolute atomic E-state index is 0.00532. The zero-order chi connectivity index (χ0) is 17.6. The van der Waals surface area contributed by atoms with E-state index in [4.69, 9.17) is 0 Å². The second kappa shape index (κ2) is 8.07. The highest BCUT2D eigenvalue weighted by atomic mass is 16.2. The van der Waals surface area contributed by atoms with E-state index in [9.17, 15) is 4.79 Å². The first-order valence-corrected chi connectivity index (χ1v) is 8.72. The number of hydrogen-bond donors (Lipinski definition) is 1. The Labute approximate surface area is 148 Å². The van der Waals surface area contributed by atoms with E-state index in [1.165, 1.54) is 5.56 Å². The maximum atomic E-state index is 12.4. The summed E-state index contributed by atoms with van der Waals surface area (Å²) in [5.74, 6) is 0. The average molecular weight is 339 g/mol. The Morgan fingerprint density at radius 1 is 1.20 bits per heavy atom. The van der Waals surface area contributed by atoms with Crippen molar-refractivity contribution < 1.29 is 4.79 Å². The van der Waals surface area contributed by atoms with Crippen molar-refractivity contribution in [2.24, 2.45) is 0 Å². The fourth-order valence-electron chi connectivity index (χ4n) is 3.04. The first-order chi connectivity index (χ1) is 12.1. The van der Waals surface area contributed by atoms with Gasteiger partial charge in [-0.1, -0.05) is 12.1 Å². The molecule has 0 unspecified atom stereocenters. The summed E-state index contributed by atoms with van der Waals surface area (Å²) in [6.45, 7) is 7.88. The molecular weight excluding hydrogens is 314 g/mol. The summed E-state index contributed by atoms with van der Waals surface area (Å²) in [4.78, 5) is 25.1. The summed E-state index contributed by atoms with van der Waals surface area (Å²) in [7, 11) is 0. The van der Waals surface area contributed by atoms with E-state index in [1.807, 2.05) is 42.4 Å². The molecule has 3 heterocycles. The smallest absolute Gasteiger partial charge is 0.317 e. The average Bonchev–Trinajstić information content (AvgIpc) is 2.67. The normalized spacial score (nSPS) is 16.5. The molecule has 0 saturated carbocycles. The van der Waals surface area contributed by atoms with Gasteiger partial charge in [0.15, 0.2) is 0 Å². The number of amides is 2. The standard InChI is InChI=1S/C19H25N5O/c1-15-5-6-17(12-21-15)13-22-19(25)24-10-8-23(9-11-24)16(2)18-4-3-7-20-14-18/h3-7,12,14,16H,8-11,13H2,1-2H3,(H,22,25)/t16-/m1/s1. The number of aromatic nitrogens is 2. The lowest BCUT2D eigenvalue weighted by Gasteiger charge is -2.38.